The largest absolute Gasteiger partial charge is 0.440 e. The van der Waals surface area contributed by atoms with Gasteiger partial charge in [0.05, 0.1) is 12.7 Å². The van der Waals surface area contributed by atoms with Gasteiger partial charge in [-0.3, -0.25) is 14.7 Å². The summed E-state index contributed by atoms with van der Waals surface area (Å²) < 4.78 is 6.12. The predicted octanol–water partition coefficient (Wildman–Crippen LogP) is 4.87. The van der Waals surface area contributed by atoms with Crippen LogP contribution in [-0.2, 0) is 13.0 Å². The molecule has 1 fully saturated rings. The number of nitrogens with zero attached hydrogens (tertiary/aromatic N) is 5. The number of carbonyl (C=O) groups is 1. The summed E-state index contributed by atoms with van der Waals surface area (Å²) in [6, 6.07) is 16.3. The molecule has 0 bridgehead atoms. The molecule has 0 radical (unpaired) electrons. The van der Waals surface area contributed by atoms with Crippen LogP contribution in [0, 0.1) is 13.8 Å². The summed E-state index contributed by atoms with van der Waals surface area (Å²) in [7, 11) is 0. The maximum absolute atomic E-state index is 12.9. The van der Waals surface area contributed by atoms with Crippen molar-refractivity contribution in [3.05, 3.63) is 89.1 Å². The summed E-state index contributed by atoms with van der Waals surface area (Å²) in [5.74, 6) is 1.50. The highest BCUT2D eigenvalue weighted by atomic mass is 16.4. The summed E-state index contributed by atoms with van der Waals surface area (Å²) in [4.78, 5) is 30.8. The Hall–Kier alpha value is -4.64. The van der Waals surface area contributed by atoms with Crippen molar-refractivity contribution in [2.24, 2.45) is 0 Å². The number of benzene rings is 2. The van der Waals surface area contributed by atoms with Crippen LogP contribution in [0.4, 0.5) is 11.5 Å². The number of rotatable bonds is 8. The number of hydrogen-bond acceptors (Lipinski definition) is 9. The van der Waals surface area contributed by atoms with Crippen LogP contribution in [0.1, 0.15) is 39.4 Å². The number of carbonyl (C=O) groups excluding carboxylic acids is 1. The molecule has 1 atom stereocenters. The minimum absolute atomic E-state index is 0.0838. The molecule has 2 aromatic carbocycles. The van der Waals surface area contributed by atoms with E-state index in [0.29, 0.717) is 42.7 Å². The van der Waals surface area contributed by atoms with Crippen molar-refractivity contribution in [3.63, 3.8) is 0 Å². The number of aromatic nitrogens is 3. The lowest BCUT2D eigenvalue weighted by molar-refractivity contribution is 0.0693. The predicted molar refractivity (Wildman–Crippen MR) is 172 cm³/mol. The molecule has 10 heteroatoms. The van der Waals surface area contributed by atoms with Gasteiger partial charge in [-0.05, 0) is 72.4 Å². The highest BCUT2D eigenvalue weighted by molar-refractivity contribution is 5.95. The fraction of sp³-hybridized carbons (Fsp3) is 0.314. The van der Waals surface area contributed by atoms with E-state index in [2.05, 4.69) is 45.3 Å². The fourth-order valence-electron chi connectivity index (χ4n) is 6.47. The van der Waals surface area contributed by atoms with Gasteiger partial charge in [-0.1, -0.05) is 24.3 Å². The number of likely N-dealkylation sites (tertiary alicyclic amines) is 1. The summed E-state index contributed by atoms with van der Waals surface area (Å²) in [5, 5.41) is 23.7. The van der Waals surface area contributed by atoms with E-state index in [4.69, 9.17) is 9.40 Å². The van der Waals surface area contributed by atoms with Gasteiger partial charge in [0.2, 0.25) is 5.89 Å². The lowest BCUT2D eigenvalue weighted by atomic mass is 9.93. The van der Waals surface area contributed by atoms with Crippen molar-refractivity contribution >= 4 is 28.3 Å². The normalized spacial score (nSPS) is 16.8. The zero-order valence-corrected chi connectivity index (χ0v) is 25.5. The quantitative estimate of drug-likeness (QED) is 0.227. The van der Waals surface area contributed by atoms with E-state index < -0.39 is 0 Å². The second-order valence-electron chi connectivity index (χ2n) is 11.9. The van der Waals surface area contributed by atoms with E-state index >= 15 is 0 Å². The molecule has 0 spiro atoms. The lowest BCUT2D eigenvalue weighted by Gasteiger charge is -2.23. The molecule has 1 saturated heterocycles. The Bertz CT molecular complexity index is 1900. The van der Waals surface area contributed by atoms with Gasteiger partial charge in [0.15, 0.2) is 11.5 Å². The van der Waals surface area contributed by atoms with Gasteiger partial charge in [0, 0.05) is 68.2 Å². The van der Waals surface area contributed by atoms with Crippen molar-refractivity contribution in [2.75, 3.05) is 38.1 Å². The van der Waals surface area contributed by atoms with E-state index in [0.717, 1.165) is 69.5 Å². The number of amides is 1. The molecule has 0 aliphatic carbocycles. The van der Waals surface area contributed by atoms with Gasteiger partial charge in [-0.2, -0.15) is 0 Å². The van der Waals surface area contributed by atoms with Gasteiger partial charge < -0.3 is 24.8 Å². The van der Waals surface area contributed by atoms with Crippen molar-refractivity contribution in [2.45, 2.75) is 39.3 Å². The molecular weight excluding hydrogens is 568 g/mol. The van der Waals surface area contributed by atoms with Gasteiger partial charge in [-0.15, -0.1) is 0 Å². The maximum Gasteiger partial charge on any atom is 0.276 e. The van der Waals surface area contributed by atoms with Crippen LogP contribution >= 0.6 is 0 Å². The molecule has 2 aliphatic rings. The molecule has 3 aromatic heterocycles. The molecule has 45 heavy (non-hydrogen) atoms. The number of oxazole rings is 1. The topological polar surface area (TPSA) is 128 Å². The summed E-state index contributed by atoms with van der Waals surface area (Å²) in [5.41, 5.74) is 8.15. The molecule has 3 N–H and O–H groups in total. The van der Waals surface area contributed by atoms with Gasteiger partial charge in [0.1, 0.15) is 11.3 Å². The van der Waals surface area contributed by atoms with Gasteiger partial charge in [-0.25, -0.2) is 9.97 Å². The van der Waals surface area contributed by atoms with Crippen LogP contribution in [0.3, 0.4) is 0 Å². The Kier molecular flexibility index (Phi) is 7.78. The third-order valence-electron chi connectivity index (χ3n) is 8.92. The Morgan fingerprint density at radius 2 is 1.82 bits per heavy atom. The first-order chi connectivity index (χ1) is 21.9. The number of hydrogen-bond donors (Lipinski definition) is 3. The third kappa shape index (κ3) is 5.56. The smallest absolute Gasteiger partial charge is 0.276 e. The van der Waals surface area contributed by atoms with E-state index in [1.807, 2.05) is 43.5 Å². The molecule has 5 aromatic rings. The van der Waals surface area contributed by atoms with E-state index in [9.17, 15) is 15.0 Å². The molecule has 1 amide bonds. The summed E-state index contributed by atoms with van der Waals surface area (Å²) >= 11 is 0. The van der Waals surface area contributed by atoms with E-state index in [-0.39, 0.29) is 25.2 Å². The Morgan fingerprint density at radius 1 is 1.02 bits per heavy atom. The molecule has 7 rings (SSSR count). The lowest BCUT2D eigenvalue weighted by Crippen LogP contribution is -2.39. The Morgan fingerprint density at radius 3 is 2.62 bits per heavy atom. The molecule has 0 unspecified atom stereocenters. The molecule has 5 heterocycles. The number of aliphatic hydroxyl groups excluding tert-OH is 2. The second-order valence-corrected chi connectivity index (χ2v) is 11.9. The fourth-order valence-corrected chi connectivity index (χ4v) is 6.47. The SMILES string of the molecule is Cc1c(Nc2nccc3cc(CN4CC[C@@H](O)C4)cnc23)cccc1-c1cccc(-c2nc3c(o2)CCN(CCO)C3=O)c1C. The minimum atomic E-state index is -0.245. The highest BCUT2D eigenvalue weighted by Crippen LogP contribution is 2.37. The van der Waals surface area contributed by atoms with E-state index in [1.165, 1.54) is 0 Å². The number of β-amino-alcohol motifs (C(OH)–C–C–N with tert-alkyl or cyclic N) is 2. The first-order valence-corrected chi connectivity index (χ1v) is 15.4. The minimum Gasteiger partial charge on any atom is -0.440 e. The average molecular weight is 605 g/mol. The highest BCUT2D eigenvalue weighted by Gasteiger charge is 2.30. The first-order valence-electron chi connectivity index (χ1n) is 15.4. The van der Waals surface area contributed by atoms with Crippen LogP contribution in [-0.4, -0.2) is 79.8 Å². The Labute approximate surface area is 261 Å². The van der Waals surface area contributed by atoms with Crippen LogP contribution in [0.15, 0.2) is 65.3 Å². The number of fused-ring (bicyclic) bond motifs is 2. The van der Waals surface area contributed by atoms with Crippen LogP contribution in [0.2, 0.25) is 0 Å². The molecule has 10 nitrogen and oxygen atoms in total. The first kappa shape index (κ1) is 29.1. The zero-order valence-electron chi connectivity index (χ0n) is 25.5. The number of aliphatic hydroxyl groups is 2. The molecule has 0 saturated carbocycles. The Balaban J connectivity index is 1.17. The summed E-state index contributed by atoms with van der Waals surface area (Å²) in [6.45, 7) is 7.19. The van der Waals surface area contributed by atoms with Crippen molar-refractivity contribution < 1.29 is 19.4 Å². The van der Waals surface area contributed by atoms with E-state index in [1.54, 1.807) is 11.1 Å². The number of nitrogens with one attached hydrogen (secondary N) is 1. The zero-order chi connectivity index (χ0) is 31.1. The molecule has 230 valence electrons. The van der Waals surface area contributed by atoms with Crippen LogP contribution in [0.25, 0.3) is 33.5 Å². The maximum atomic E-state index is 12.9. The van der Waals surface area contributed by atoms with Crippen molar-refractivity contribution in [1.82, 2.24) is 24.8 Å². The molecular formula is C35H36N6O4. The number of pyridine rings is 2. The van der Waals surface area contributed by atoms with Gasteiger partial charge >= 0.3 is 0 Å². The monoisotopic (exact) mass is 604 g/mol. The third-order valence-corrected chi connectivity index (χ3v) is 8.92. The van der Waals surface area contributed by atoms with Crippen LogP contribution in [0.5, 0.6) is 0 Å². The van der Waals surface area contributed by atoms with Gasteiger partial charge in [0.25, 0.3) is 5.91 Å². The number of anilines is 2. The molecule has 2 aliphatic heterocycles. The average Bonchev–Trinajstić information content (AvgIpc) is 3.66. The summed E-state index contributed by atoms with van der Waals surface area (Å²) in [6.07, 6.45) is 4.84. The van der Waals surface area contributed by atoms with Crippen molar-refractivity contribution in [3.8, 4) is 22.6 Å². The standard InChI is InChI=1S/C35H36N6O4/c1-21-26(5-3-7-28(21)34-39-32-30(45-34)11-14-41(15-16-42)35(32)44)27-6-4-8-29(22(27)2)38-33-31-24(9-12-36-33)17-23(18-37-31)19-40-13-10-25(43)20-40/h3-9,12,17-18,25,42-43H,10-11,13-16,19-20H2,1-2H3,(H,36,38)/t25-/m1/s1. The van der Waals surface area contributed by atoms with Crippen LogP contribution < -0.4 is 5.32 Å². The van der Waals surface area contributed by atoms with Crippen molar-refractivity contribution in [1.29, 1.82) is 0 Å². The second kappa shape index (κ2) is 12.0.